The maximum absolute atomic E-state index is 12.2. The molecule has 0 radical (unpaired) electrons. The fourth-order valence-electron chi connectivity index (χ4n) is 4.47. The van der Waals surface area contributed by atoms with Crippen molar-refractivity contribution in [3.8, 4) is 0 Å². The third-order valence-corrected chi connectivity index (χ3v) is 10.8. The van der Waals surface area contributed by atoms with E-state index in [1.54, 1.807) is 41.5 Å². The summed E-state index contributed by atoms with van der Waals surface area (Å²) in [6, 6.07) is 0. The van der Waals surface area contributed by atoms with Gasteiger partial charge in [0, 0.05) is 45.7 Å². The lowest BCUT2D eigenvalue weighted by Gasteiger charge is -2.27. The van der Waals surface area contributed by atoms with Crippen LogP contribution in [0.3, 0.4) is 0 Å². The van der Waals surface area contributed by atoms with Crippen molar-refractivity contribution in [3.63, 3.8) is 0 Å². The molecule has 0 spiro atoms. The van der Waals surface area contributed by atoms with Gasteiger partial charge in [-0.05, 0) is 60.8 Å². The van der Waals surface area contributed by atoms with Gasteiger partial charge >= 0.3 is 21.2 Å². The monoisotopic (exact) mass is 802 g/mol. The molecule has 0 aliphatic carbocycles. The molecule has 1 saturated heterocycles. The number of carbonyl (C=O) groups excluding carboxylic acids is 1. The highest BCUT2D eigenvalue weighted by atomic mass is 31.2. The van der Waals surface area contributed by atoms with E-state index in [1.807, 2.05) is 0 Å². The van der Waals surface area contributed by atoms with Gasteiger partial charge in [-0.1, -0.05) is 54.9 Å². The number of hydroxylamine groups is 6. The van der Waals surface area contributed by atoms with E-state index in [9.17, 15) is 24.3 Å². The molecule has 1 rings (SSSR count). The van der Waals surface area contributed by atoms with E-state index in [-0.39, 0.29) is 99.3 Å². The van der Waals surface area contributed by atoms with Crippen LogP contribution < -0.4 is 0 Å². The van der Waals surface area contributed by atoms with Crippen molar-refractivity contribution in [3.05, 3.63) is 0 Å². The summed E-state index contributed by atoms with van der Waals surface area (Å²) < 4.78 is 50.4. The average Bonchev–Trinajstić information content (AvgIpc) is 3.00. The molecule has 0 saturated carbocycles. The van der Waals surface area contributed by atoms with Crippen LogP contribution in [0.5, 0.6) is 0 Å². The van der Waals surface area contributed by atoms with Gasteiger partial charge in [-0.2, -0.15) is 15.2 Å². The predicted molar refractivity (Wildman–Crippen MR) is 208 cm³/mol. The summed E-state index contributed by atoms with van der Waals surface area (Å²) in [5.41, 5.74) is 0. The number of hydrogen-bond acceptors (Lipinski definition) is 16. The van der Waals surface area contributed by atoms with Gasteiger partial charge in [-0.15, -0.1) is 0 Å². The Labute approximate surface area is 317 Å². The molecule has 0 aromatic heterocycles. The first-order valence-corrected chi connectivity index (χ1v) is 21.2. The number of piperidine rings is 1. The summed E-state index contributed by atoms with van der Waals surface area (Å²) in [5.74, 6) is -0.0714. The van der Waals surface area contributed by atoms with E-state index >= 15 is 0 Å². The molecule has 2 unspecified atom stereocenters. The zero-order chi connectivity index (χ0) is 37.7. The molecule has 5 N–H and O–H groups in total. The van der Waals surface area contributed by atoms with E-state index in [2.05, 4.69) is 6.92 Å². The molecule has 320 valence electrons. The molecule has 2 atom stereocenters. The van der Waals surface area contributed by atoms with Gasteiger partial charge in [-0.25, -0.2) is 0 Å². The molecule has 0 amide bonds. The Morgan fingerprint density at radius 3 is 1.44 bits per heavy atom. The third kappa shape index (κ3) is 36.4. The van der Waals surface area contributed by atoms with Gasteiger partial charge in [0.2, 0.25) is 0 Å². The number of nitrogens with zero attached hydrogens (tertiary/aromatic N) is 3. The molecule has 0 bridgehead atoms. The van der Waals surface area contributed by atoms with Crippen LogP contribution in [-0.2, 0) is 36.8 Å². The highest BCUT2D eigenvalue weighted by Gasteiger charge is 2.27. The van der Waals surface area contributed by atoms with Crippen molar-refractivity contribution in [1.82, 2.24) is 15.2 Å². The minimum absolute atomic E-state index is 0. The Bertz CT molecular complexity index is 820. The van der Waals surface area contributed by atoms with Gasteiger partial charge in [0.05, 0.1) is 51.0 Å². The smallest absolute Gasteiger partial charge is 0.332 e. The fourth-order valence-corrected chi connectivity index (χ4v) is 7.66. The molecule has 0 aromatic rings. The number of hydrogen-bond donors (Lipinski definition) is 5. The first-order valence-electron chi connectivity index (χ1n) is 17.7. The second-order valence-corrected chi connectivity index (χ2v) is 16.0. The molecule has 1 aliphatic heterocycles. The largest absolute Gasteiger partial charge is 0.462 e. The molecule has 1 fully saturated rings. The van der Waals surface area contributed by atoms with Crippen LogP contribution in [0.15, 0.2) is 0 Å². The molecular weight excluding hydrogens is 720 g/mol. The summed E-state index contributed by atoms with van der Waals surface area (Å²) in [6.07, 6.45) is 6.79. The summed E-state index contributed by atoms with van der Waals surface area (Å²) in [5, 5.41) is 48.5. The van der Waals surface area contributed by atoms with Crippen molar-refractivity contribution >= 4 is 21.2 Å². The van der Waals surface area contributed by atoms with Crippen molar-refractivity contribution in [1.29, 1.82) is 0 Å². The fraction of sp³-hybridized carbons (Fsp3) is 0.971. The van der Waals surface area contributed by atoms with Crippen molar-refractivity contribution in [2.24, 2.45) is 0 Å². The van der Waals surface area contributed by atoms with Gasteiger partial charge in [0.15, 0.2) is 0 Å². The second-order valence-electron chi connectivity index (χ2n) is 11.7. The van der Waals surface area contributed by atoms with Crippen LogP contribution in [0.4, 0.5) is 0 Å². The van der Waals surface area contributed by atoms with E-state index in [0.717, 1.165) is 35.8 Å². The zero-order valence-corrected chi connectivity index (χ0v) is 32.9. The lowest BCUT2D eigenvalue weighted by molar-refractivity contribution is -0.161. The lowest BCUT2D eigenvalue weighted by atomic mass is 10.1. The van der Waals surface area contributed by atoms with Crippen LogP contribution >= 0.6 is 15.2 Å². The highest BCUT2D eigenvalue weighted by Crippen LogP contribution is 2.49. The van der Waals surface area contributed by atoms with Gasteiger partial charge < -0.3 is 48.7 Å². The Morgan fingerprint density at radius 1 is 0.712 bits per heavy atom. The Balaban J connectivity index is -0.000000219. The second kappa shape index (κ2) is 37.4. The van der Waals surface area contributed by atoms with Crippen LogP contribution in [-0.4, -0.2) is 143 Å². The van der Waals surface area contributed by atoms with Crippen molar-refractivity contribution in [2.75, 3.05) is 78.0 Å². The normalized spacial score (nSPS) is 14.8. The maximum Gasteiger partial charge on any atom is 0.332 e. The molecule has 1 aliphatic rings. The van der Waals surface area contributed by atoms with Crippen LogP contribution in [0.2, 0.25) is 0 Å². The van der Waals surface area contributed by atoms with E-state index in [4.69, 9.17) is 38.3 Å². The predicted octanol–water partition coefficient (Wildman–Crippen LogP) is 7.30. The zero-order valence-electron chi connectivity index (χ0n) is 31.1. The van der Waals surface area contributed by atoms with Gasteiger partial charge in [0.1, 0.15) is 6.10 Å². The quantitative estimate of drug-likeness (QED) is 0.0266. The van der Waals surface area contributed by atoms with E-state index < -0.39 is 27.4 Å². The number of rotatable bonds is 25. The van der Waals surface area contributed by atoms with Crippen molar-refractivity contribution < 1.29 is 62.6 Å². The average molecular weight is 802 g/mol. The van der Waals surface area contributed by atoms with Crippen molar-refractivity contribution in [2.45, 2.75) is 140 Å². The summed E-state index contributed by atoms with van der Waals surface area (Å²) >= 11 is 0. The first-order chi connectivity index (χ1) is 23.1. The van der Waals surface area contributed by atoms with Crippen LogP contribution in [0.1, 0.15) is 122 Å². The van der Waals surface area contributed by atoms with Crippen LogP contribution in [0.25, 0.3) is 0 Å². The minimum Gasteiger partial charge on any atom is -0.462 e. The molecule has 52 heavy (non-hydrogen) atoms. The highest BCUT2D eigenvalue weighted by molar-refractivity contribution is 7.54. The molecule has 18 heteroatoms. The Kier molecular flexibility index (Phi) is 43.6. The molecule has 16 nitrogen and oxygen atoms in total. The number of carbonyl (C=O) groups is 1. The Hall–Kier alpha value is -0.550. The summed E-state index contributed by atoms with van der Waals surface area (Å²) in [6.45, 7) is 15.0. The number of ether oxygens (including phenoxy) is 1. The lowest BCUT2D eigenvalue weighted by Crippen LogP contribution is -2.35. The van der Waals surface area contributed by atoms with Crippen LogP contribution in [0, 0.1) is 0 Å². The Morgan fingerprint density at radius 2 is 1.10 bits per heavy atom. The SMILES string of the molecule is C.C.C.CC(O)CN(O)CC(C)O.CCCCCCCC(=O)OC1CCN(O)CC1.CCOP(=O)(CCN(O)CCP(=O)(OCC)OCC)OCC. The summed E-state index contributed by atoms with van der Waals surface area (Å²) in [4.78, 5) is 11.5. The molecule has 0 aromatic carbocycles. The minimum atomic E-state index is -3.20. The summed E-state index contributed by atoms with van der Waals surface area (Å²) in [7, 11) is -6.39. The molecule has 1 heterocycles. The topological polar surface area (TPSA) is 208 Å². The standard InChI is InChI=1S/C13H25NO3.C12H29NO7P2.C6H15NO3.3CH4/c1-2-3-4-5-6-7-13(15)17-12-8-10-14(16)11-9-12;1-5-17-21(15,18-6-2)11-9-13(14)10-12-22(16,19-7-3)20-8-4;1-5(8)3-7(10)4-6(2)9;;;/h12,16H,2-11H2,1H3;14H,5-12H2,1-4H3;5-6,8-10H,3-4H2,1-2H3;3*1H4. The van der Waals surface area contributed by atoms with E-state index in [1.165, 1.54) is 24.3 Å². The number of aliphatic hydroxyl groups is 2. The molecular formula is C34H81N3O13P2. The first kappa shape index (κ1) is 60.7. The van der Waals surface area contributed by atoms with Gasteiger partial charge in [-0.3, -0.25) is 13.9 Å². The number of unbranched alkanes of at least 4 members (excludes halogenated alkanes) is 4. The third-order valence-electron chi connectivity index (χ3n) is 6.72. The maximum atomic E-state index is 12.2. The number of aliphatic hydroxyl groups excluding tert-OH is 2. The van der Waals surface area contributed by atoms with Gasteiger partial charge in [0.25, 0.3) is 0 Å². The number of esters is 1. The van der Waals surface area contributed by atoms with E-state index in [0.29, 0.717) is 19.5 Å².